The fraction of sp³-hybridized carbons (Fsp3) is 0.500. The molecule has 1 N–H and O–H groups in total. The van der Waals surface area contributed by atoms with Gasteiger partial charge < -0.3 is 5.32 Å². The molecule has 1 aliphatic rings. The van der Waals surface area contributed by atoms with Gasteiger partial charge in [0, 0.05) is 11.6 Å². The lowest BCUT2D eigenvalue weighted by Crippen LogP contribution is -2.37. The number of hydrogen-bond donors (Lipinski definition) is 1. The maximum atomic E-state index is 11.9. The van der Waals surface area contributed by atoms with E-state index in [1.165, 1.54) is 25.7 Å². The molecule has 1 aromatic rings. The van der Waals surface area contributed by atoms with E-state index in [2.05, 4.69) is 12.2 Å². The smallest absolute Gasteiger partial charge is 0.251 e. The number of rotatable bonds is 3. The summed E-state index contributed by atoms with van der Waals surface area (Å²) >= 11 is 0. The minimum absolute atomic E-state index is 0.0556. The van der Waals surface area contributed by atoms with Crippen molar-refractivity contribution in [3.63, 3.8) is 0 Å². The summed E-state index contributed by atoms with van der Waals surface area (Å²) in [4.78, 5) is 11.9. The maximum absolute atomic E-state index is 11.9. The van der Waals surface area contributed by atoms with Gasteiger partial charge in [0.15, 0.2) is 0 Å². The molecule has 1 aromatic carbocycles. The second kappa shape index (κ2) is 5.15. The van der Waals surface area contributed by atoms with Crippen molar-refractivity contribution in [2.24, 2.45) is 5.92 Å². The van der Waals surface area contributed by atoms with Crippen LogP contribution in [0.2, 0.25) is 0 Å². The van der Waals surface area contributed by atoms with Crippen LogP contribution in [0.4, 0.5) is 0 Å². The second-order valence-electron chi connectivity index (χ2n) is 4.67. The van der Waals surface area contributed by atoms with Gasteiger partial charge in [0.2, 0.25) is 0 Å². The normalized spacial score (nSPS) is 18.3. The van der Waals surface area contributed by atoms with Crippen LogP contribution in [0, 0.1) is 5.92 Å². The van der Waals surface area contributed by atoms with Gasteiger partial charge in [-0.15, -0.1) is 0 Å². The molecule has 0 radical (unpaired) electrons. The molecule has 86 valence electrons. The molecule has 0 bridgehead atoms. The Hall–Kier alpha value is -1.31. The SMILES string of the molecule is CC(NC(=O)c1ccccc1)C1CCCC1. The van der Waals surface area contributed by atoms with Crippen LogP contribution in [0.15, 0.2) is 30.3 Å². The number of amides is 1. The van der Waals surface area contributed by atoms with E-state index in [1.54, 1.807) is 0 Å². The summed E-state index contributed by atoms with van der Waals surface area (Å²) in [5, 5.41) is 3.10. The van der Waals surface area contributed by atoms with E-state index in [0.717, 1.165) is 5.56 Å². The average Bonchev–Trinajstić information content (AvgIpc) is 2.83. The Labute approximate surface area is 97.1 Å². The minimum atomic E-state index is 0.0556. The van der Waals surface area contributed by atoms with Gasteiger partial charge in [0.05, 0.1) is 0 Å². The molecule has 0 spiro atoms. The number of carbonyl (C=O) groups is 1. The number of benzene rings is 1. The largest absolute Gasteiger partial charge is 0.349 e. The molecule has 0 heterocycles. The highest BCUT2D eigenvalue weighted by Crippen LogP contribution is 2.27. The second-order valence-corrected chi connectivity index (χ2v) is 4.67. The van der Waals surface area contributed by atoms with Crippen molar-refractivity contribution in [3.8, 4) is 0 Å². The highest BCUT2D eigenvalue weighted by Gasteiger charge is 2.22. The van der Waals surface area contributed by atoms with Crippen molar-refractivity contribution in [1.82, 2.24) is 5.32 Å². The molecule has 1 atom stereocenters. The Bertz CT molecular complexity index is 341. The molecule has 1 fully saturated rings. The van der Waals surface area contributed by atoms with Crippen molar-refractivity contribution in [3.05, 3.63) is 35.9 Å². The minimum Gasteiger partial charge on any atom is -0.349 e. The van der Waals surface area contributed by atoms with Crippen molar-refractivity contribution >= 4 is 5.91 Å². The van der Waals surface area contributed by atoms with Crippen molar-refractivity contribution < 1.29 is 4.79 Å². The Balaban J connectivity index is 1.92. The maximum Gasteiger partial charge on any atom is 0.251 e. The van der Waals surface area contributed by atoms with E-state index in [0.29, 0.717) is 12.0 Å². The van der Waals surface area contributed by atoms with Crippen LogP contribution in [0.3, 0.4) is 0 Å². The molecule has 0 aliphatic heterocycles. The zero-order valence-corrected chi connectivity index (χ0v) is 9.78. The fourth-order valence-electron chi connectivity index (χ4n) is 2.45. The summed E-state index contributed by atoms with van der Waals surface area (Å²) < 4.78 is 0. The number of carbonyl (C=O) groups excluding carboxylic acids is 1. The van der Waals surface area contributed by atoms with E-state index in [-0.39, 0.29) is 5.91 Å². The molecule has 1 saturated carbocycles. The first-order chi connectivity index (χ1) is 7.77. The van der Waals surface area contributed by atoms with E-state index < -0.39 is 0 Å². The summed E-state index contributed by atoms with van der Waals surface area (Å²) in [6.07, 6.45) is 5.15. The lowest BCUT2D eigenvalue weighted by molar-refractivity contribution is 0.0927. The van der Waals surface area contributed by atoms with Crippen LogP contribution >= 0.6 is 0 Å². The summed E-state index contributed by atoms with van der Waals surface area (Å²) in [5.74, 6) is 0.729. The molecule has 2 nitrogen and oxygen atoms in total. The average molecular weight is 217 g/mol. The predicted molar refractivity (Wildman–Crippen MR) is 65.3 cm³/mol. The van der Waals surface area contributed by atoms with Crippen LogP contribution in [-0.4, -0.2) is 11.9 Å². The third-order valence-corrected chi connectivity index (χ3v) is 3.50. The van der Waals surface area contributed by atoms with Gasteiger partial charge in [0.1, 0.15) is 0 Å². The van der Waals surface area contributed by atoms with Gasteiger partial charge in [-0.05, 0) is 37.8 Å². The van der Waals surface area contributed by atoms with Crippen LogP contribution in [-0.2, 0) is 0 Å². The molecule has 0 aromatic heterocycles. The predicted octanol–water partition coefficient (Wildman–Crippen LogP) is 3.00. The van der Waals surface area contributed by atoms with E-state index in [9.17, 15) is 4.79 Å². The van der Waals surface area contributed by atoms with Gasteiger partial charge in [-0.25, -0.2) is 0 Å². The summed E-state index contributed by atoms with van der Waals surface area (Å²) in [7, 11) is 0. The molecule has 1 unspecified atom stereocenters. The van der Waals surface area contributed by atoms with Gasteiger partial charge in [0.25, 0.3) is 5.91 Å². The van der Waals surface area contributed by atoms with Crippen molar-refractivity contribution in [2.45, 2.75) is 38.6 Å². The number of hydrogen-bond acceptors (Lipinski definition) is 1. The monoisotopic (exact) mass is 217 g/mol. The topological polar surface area (TPSA) is 29.1 Å². The highest BCUT2D eigenvalue weighted by molar-refractivity contribution is 5.94. The standard InChI is InChI=1S/C14H19NO/c1-11(12-7-5-6-8-12)15-14(16)13-9-3-2-4-10-13/h2-4,9-12H,5-8H2,1H3,(H,15,16). The van der Waals surface area contributed by atoms with Crippen LogP contribution in [0.5, 0.6) is 0 Å². The Morgan fingerprint density at radius 1 is 1.25 bits per heavy atom. The van der Waals surface area contributed by atoms with Crippen LogP contribution < -0.4 is 5.32 Å². The van der Waals surface area contributed by atoms with Crippen LogP contribution in [0.25, 0.3) is 0 Å². The Morgan fingerprint density at radius 2 is 1.88 bits per heavy atom. The quantitative estimate of drug-likeness (QED) is 0.828. The van der Waals surface area contributed by atoms with Crippen molar-refractivity contribution in [2.75, 3.05) is 0 Å². The van der Waals surface area contributed by atoms with Crippen molar-refractivity contribution in [1.29, 1.82) is 0 Å². The van der Waals surface area contributed by atoms with Crippen LogP contribution in [0.1, 0.15) is 43.0 Å². The molecule has 0 saturated heterocycles. The first kappa shape index (κ1) is 11.2. The molecule has 16 heavy (non-hydrogen) atoms. The van der Waals surface area contributed by atoms with E-state index >= 15 is 0 Å². The molecule has 1 aliphatic carbocycles. The Morgan fingerprint density at radius 3 is 2.50 bits per heavy atom. The lowest BCUT2D eigenvalue weighted by atomic mass is 9.99. The Kier molecular flexibility index (Phi) is 3.60. The van der Waals surface area contributed by atoms with E-state index in [4.69, 9.17) is 0 Å². The molecular weight excluding hydrogens is 198 g/mol. The highest BCUT2D eigenvalue weighted by atomic mass is 16.1. The van der Waals surface area contributed by atoms with Gasteiger partial charge in [-0.2, -0.15) is 0 Å². The summed E-state index contributed by atoms with van der Waals surface area (Å²) in [6.45, 7) is 2.12. The zero-order chi connectivity index (χ0) is 11.4. The molecule has 2 rings (SSSR count). The third-order valence-electron chi connectivity index (χ3n) is 3.50. The first-order valence-electron chi connectivity index (χ1n) is 6.13. The number of nitrogens with one attached hydrogen (secondary N) is 1. The van der Waals surface area contributed by atoms with E-state index in [1.807, 2.05) is 30.3 Å². The van der Waals surface area contributed by atoms with Gasteiger partial charge in [-0.3, -0.25) is 4.79 Å². The lowest BCUT2D eigenvalue weighted by Gasteiger charge is -2.20. The molecule has 2 heteroatoms. The third kappa shape index (κ3) is 2.63. The molecule has 1 amide bonds. The summed E-state index contributed by atoms with van der Waals surface area (Å²) in [5.41, 5.74) is 0.757. The van der Waals surface area contributed by atoms with Gasteiger partial charge >= 0.3 is 0 Å². The summed E-state index contributed by atoms with van der Waals surface area (Å²) in [6, 6.07) is 9.74. The fourth-order valence-corrected chi connectivity index (χ4v) is 2.45. The van der Waals surface area contributed by atoms with Gasteiger partial charge in [-0.1, -0.05) is 31.0 Å². The molecular formula is C14H19NO. The first-order valence-corrected chi connectivity index (χ1v) is 6.13. The zero-order valence-electron chi connectivity index (χ0n) is 9.78.